The smallest absolute Gasteiger partial charge is 0.260 e. The Morgan fingerprint density at radius 3 is 2.76 bits per heavy atom. The molecule has 0 bridgehead atoms. The molecule has 1 aromatic rings. The van der Waals surface area contributed by atoms with E-state index in [1.165, 1.54) is 10.5 Å². The number of imidazole rings is 1. The zero-order valence-corrected chi connectivity index (χ0v) is 12.8. The second kappa shape index (κ2) is 6.44. The molecule has 0 aliphatic heterocycles. The summed E-state index contributed by atoms with van der Waals surface area (Å²) in [6, 6.07) is -0.122. The molecule has 2 rings (SSSR count). The van der Waals surface area contributed by atoms with Crippen LogP contribution in [0, 0.1) is 0 Å². The molecule has 0 unspecified atom stereocenters. The largest absolute Gasteiger partial charge is 0.409 e. The number of hydrogen-bond acceptors (Lipinski definition) is 5. The number of amidine groups is 1. The summed E-state index contributed by atoms with van der Waals surface area (Å²) in [4.78, 5) is 6.85. The number of rotatable bonds is 6. The van der Waals surface area contributed by atoms with Gasteiger partial charge >= 0.3 is 0 Å². The maximum Gasteiger partial charge on any atom is 0.260 e. The first kappa shape index (κ1) is 15.8. The summed E-state index contributed by atoms with van der Waals surface area (Å²) in [5.74, 6) is 0.490. The molecule has 0 saturated heterocycles. The quantitative estimate of drug-likeness (QED) is 0.308. The van der Waals surface area contributed by atoms with Crippen LogP contribution in [0.15, 0.2) is 16.4 Å². The van der Waals surface area contributed by atoms with Gasteiger partial charge in [0.05, 0.1) is 12.7 Å². The molecular formula is C12H21N5O3S. The minimum atomic E-state index is -3.74. The molecule has 4 N–H and O–H groups in total. The van der Waals surface area contributed by atoms with Gasteiger partial charge < -0.3 is 15.9 Å². The van der Waals surface area contributed by atoms with Crippen molar-refractivity contribution in [3.8, 4) is 0 Å². The summed E-state index contributed by atoms with van der Waals surface area (Å²) in [6.45, 7) is 1.77. The van der Waals surface area contributed by atoms with Gasteiger partial charge in [0.25, 0.3) is 10.0 Å². The van der Waals surface area contributed by atoms with Gasteiger partial charge in [-0.2, -0.15) is 4.31 Å². The van der Waals surface area contributed by atoms with Crippen LogP contribution in [0.1, 0.15) is 38.4 Å². The molecule has 1 aliphatic rings. The Morgan fingerprint density at radius 1 is 1.57 bits per heavy atom. The molecule has 1 saturated carbocycles. The minimum Gasteiger partial charge on any atom is -0.409 e. The number of hydrogen-bond donors (Lipinski definition) is 3. The molecule has 118 valence electrons. The number of nitrogens with two attached hydrogens (primary N) is 1. The van der Waals surface area contributed by atoms with Gasteiger partial charge in [0.2, 0.25) is 0 Å². The van der Waals surface area contributed by atoms with Crippen LogP contribution in [-0.4, -0.2) is 46.3 Å². The lowest BCUT2D eigenvalue weighted by molar-refractivity contribution is 0.308. The van der Waals surface area contributed by atoms with Gasteiger partial charge in [0.1, 0.15) is 5.82 Å². The third kappa shape index (κ3) is 3.35. The first-order valence-electron chi connectivity index (χ1n) is 7.01. The van der Waals surface area contributed by atoms with E-state index < -0.39 is 10.0 Å². The highest BCUT2D eigenvalue weighted by Gasteiger charge is 2.35. The Kier molecular flexibility index (Phi) is 4.84. The molecule has 9 heteroatoms. The van der Waals surface area contributed by atoms with Crippen LogP contribution < -0.4 is 5.73 Å². The van der Waals surface area contributed by atoms with E-state index in [1.807, 2.05) is 6.92 Å². The lowest BCUT2D eigenvalue weighted by Gasteiger charge is -2.26. The highest BCUT2D eigenvalue weighted by molar-refractivity contribution is 7.89. The molecule has 0 aromatic carbocycles. The normalized spacial score (nSPS) is 17.7. The highest BCUT2D eigenvalue weighted by atomic mass is 32.2. The molecule has 1 fully saturated rings. The molecule has 1 heterocycles. The van der Waals surface area contributed by atoms with Crippen molar-refractivity contribution in [2.75, 3.05) is 6.54 Å². The summed E-state index contributed by atoms with van der Waals surface area (Å²) in [7, 11) is -3.74. The Bertz CT molecular complexity index is 604. The van der Waals surface area contributed by atoms with E-state index in [-0.39, 0.29) is 23.4 Å². The van der Waals surface area contributed by atoms with Crippen LogP contribution >= 0.6 is 0 Å². The van der Waals surface area contributed by atoms with Crippen LogP contribution in [-0.2, 0) is 16.4 Å². The Hall–Kier alpha value is -1.61. The zero-order valence-electron chi connectivity index (χ0n) is 12.0. The summed E-state index contributed by atoms with van der Waals surface area (Å²) in [5, 5.41) is 11.7. The molecule has 21 heavy (non-hydrogen) atoms. The van der Waals surface area contributed by atoms with Crippen LogP contribution in [0.4, 0.5) is 0 Å². The van der Waals surface area contributed by atoms with Crippen molar-refractivity contribution in [1.29, 1.82) is 0 Å². The van der Waals surface area contributed by atoms with Crippen LogP contribution in [0.25, 0.3) is 0 Å². The first-order valence-corrected chi connectivity index (χ1v) is 8.45. The van der Waals surface area contributed by atoms with E-state index in [2.05, 4.69) is 15.1 Å². The van der Waals surface area contributed by atoms with Gasteiger partial charge in [-0.3, -0.25) is 0 Å². The van der Waals surface area contributed by atoms with Crippen molar-refractivity contribution < 1.29 is 13.6 Å². The SMILES string of the molecule is CCc1ncc(S(=O)(=O)N(CC(N)=NO)C2CCCC2)[nH]1. The van der Waals surface area contributed by atoms with E-state index in [0.29, 0.717) is 12.2 Å². The van der Waals surface area contributed by atoms with Crippen LogP contribution in [0.5, 0.6) is 0 Å². The van der Waals surface area contributed by atoms with Crippen molar-refractivity contribution >= 4 is 15.9 Å². The monoisotopic (exact) mass is 315 g/mol. The van der Waals surface area contributed by atoms with E-state index in [0.717, 1.165) is 25.7 Å². The molecular weight excluding hydrogens is 294 g/mol. The van der Waals surface area contributed by atoms with Crippen LogP contribution in [0.3, 0.4) is 0 Å². The molecule has 8 nitrogen and oxygen atoms in total. The molecule has 0 amide bonds. The third-order valence-corrected chi connectivity index (χ3v) is 5.51. The van der Waals surface area contributed by atoms with Gasteiger partial charge in [0.15, 0.2) is 10.9 Å². The van der Waals surface area contributed by atoms with E-state index in [1.54, 1.807) is 0 Å². The Balaban J connectivity index is 2.33. The number of H-pyrrole nitrogens is 1. The summed E-state index contributed by atoms with van der Waals surface area (Å²) in [6.07, 6.45) is 5.48. The lowest BCUT2D eigenvalue weighted by Crippen LogP contribution is -2.44. The van der Waals surface area contributed by atoms with Crippen molar-refractivity contribution in [2.24, 2.45) is 10.9 Å². The van der Waals surface area contributed by atoms with E-state index >= 15 is 0 Å². The fraction of sp³-hybridized carbons (Fsp3) is 0.667. The maximum atomic E-state index is 12.8. The molecule has 1 aromatic heterocycles. The summed E-state index contributed by atoms with van der Waals surface area (Å²) in [5.41, 5.74) is 5.52. The number of nitrogens with zero attached hydrogens (tertiary/aromatic N) is 3. The van der Waals surface area contributed by atoms with Gasteiger partial charge in [-0.1, -0.05) is 24.9 Å². The van der Waals surface area contributed by atoms with E-state index in [4.69, 9.17) is 10.9 Å². The summed E-state index contributed by atoms with van der Waals surface area (Å²) < 4.78 is 26.8. The van der Waals surface area contributed by atoms with Crippen molar-refractivity contribution in [2.45, 2.75) is 50.1 Å². The second-order valence-corrected chi connectivity index (χ2v) is 6.99. The average Bonchev–Trinajstić information content (AvgIpc) is 3.14. The number of sulfonamides is 1. The Labute approximate surface area is 124 Å². The highest BCUT2D eigenvalue weighted by Crippen LogP contribution is 2.28. The maximum absolute atomic E-state index is 12.8. The fourth-order valence-corrected chi connectivity index (χ4v) is 4.17. The molecule has 0 radical (unpaired) electrons. The predicted molar refractivity (Wildman–Crippen MR) is 77.5 cm³/mol. The first-order chi connectivity index (χ1) is 9.98. The van der Waals surface area contributed by atoms with Crippen molar-refractivity contribution in [3.05, 3.63) is 12.0 Å². The predicted octanol–water partition coefficient (Wildman–Crippen LogP) is 0.652. The number of aromatic nitrogens is 2. The molecule has 0 spiro atoms. The topological polar surface area (TPSA) is 125 Å². The number of aromatic amines is 1. The number of nitrogens with one attached hydrogen (secondary N) is 1. The zero-order chi connectivity index (χ0) is 15.5. The van der Waals surface area contributed by atoms with Crippen molar-refractivity contribution in [1.82, 2.24) is 14.3 Å². The second-order valence-electron chi connectivity index (χ2n) is 5.13. The standard InChI is InChI=1S/C12H21N5O3S/c1-2-11-14-7-12(15-11)21(19,20)17(8-10(13)16-18)9-5-3-4-6-9/h7,9,18H,2-6,8H2,1H3,(H2,13,16)(H,14,15). The van der Waals surface area contributed by atoms with Gasteiger partial charge in [-0.05, 0) is 12.8 Å². The molecule has 0 atom stereocenters. The van der Waals surface area contributed by atoms with Gasteiger partial charge in [0, 0.05) is 12.5 Å². The van der Waals surface area contributed by atoms with Crippen molar-refractivity contribution in [3.63, 3.8) is 0 Å². The van der Waals surface area contributed by atoms with Crippen LogP contribution in [0.2, 0.25) is 0 Å². The number of oxime groups is 1. The Morgan fingerprint density at radius 2 is 2.24 bits per heavy atom. The third-order valence-electron chi connectivity index (χ3n) is 3.70. The summed E-state index contributed by atoms with van der Waals surface area (Å²) >= 11 is 0. The van der Waals surface area contributed by atoms with Gasteiger partial charge in [-0.25, -0.2) is 13.4 Å². The lowest BCUT2D eigenvalue weighted by atomic mass is 10.2. The fourth-order valence-electron chi connectivity index (χ4n) is 2.57. The molecule has 1 aliphatic carbocycles. The number of aryl methyl sites for hydroxylation is 1. The van der Waals surface area contributed by atoms with Gasteiger partial charge in [-0.15, -0.1) is 0 Å². The van der Waals surface area contributed by atoms with E-state index in [9.17, 15) is 8.42 Å². The average molecular weight is 315 g/mol. The minimum absolute atomic E-state index is 0.0528.